The van der Waals surface area contributed by atoms with Crippen molar-refractivity contribution in [2.75, 3.05) is 6.79 Å². The number of nitrogens with one attached hydrogen (secondary N) is 1. The van der Waals surface area contributed by atoms with Gasteiger partial charge in [-0.1, -0.05) is 6.07 Å². The predicted octanol–water partition coefficient (Wildman–Crippen LogP) is 3.75. The summed E-state index contributed by atoms with van der Waals surface area (Å²) in [5, 5.41) is 3.88. The molecule has 22 heavy (non-hydrogen) atoms. The van der Waals surface area contributed by atoms with Gasteiger partial charge in [0.15, 0.2) is 11.5 Å². The summed E-state index contributed by atoms with van der Waals surface area (Å²) >= 11 is 0. The first kappa shape index (κ1) is 14.6. The molecular weight excluding hydrogens is 298 g/mol. The zero-order valence-corrected chi connectivity index (χ0v) is 13.6. The van der Waals surface area contributed by atoms with Gasteiger partial charge in [0.2, 0.25) is 6.79 Å². The van der Waals surface area contributed by atoms with Crippen molar-refractivity contribution >= 4 is 12.4 Å². The van der Waals surface area contributed by atoms with E-state index in [2.05, 4.69) is 17.4 Å². The van der Waals surface area contributed by atoms with Crippen molar-refractivity contribution in [3.8, 4) is 11.5 Å². The fourth-order valence-corrected chi connectivity index (χ4v) is 5.55. The van der Waals surface area contributed by atoms with E-state index >= 15 is 0 Å². The number of hydrogen-bond acceptors (Lipinski definition) is 3. The Morgan fingerprint density at radius 1 is 0.909 bits per heavy atom. The van der Waals surface area contributed by atoms with E-state index in [0.29, 0.717) is 6.79 Å². The molecule has 3 nitrogen and oxygen atoms in total. The average molecular weight is 322 g/mol. The van der Waals surface area contributed by atoms with Gasteiger partial charge in [0.25, 0.3) is 0 Å². The molecule has 1 heterocycles. The summed E-state index contributed by atoms with van der Waals surface area (Å²) in [5.41, 5.74) is 1.31. The van der Waals surface area contributed by atoms with Gasteiger partial charge in [-0.15, -0.1) is 12.4 Å². The maximum atomic E-state index is 5.48. The van der Waals surface area contributed by atoms with Crippen molar-refractivity contribution < 1.29 is 9.47 Å². The Hall–Kier alpha value is -0.930. The van der Waals surface area contributed by atoms with E-state index in [1.54, 1.807) is 0 Å². The largest absolute Gasteiger partial charge is 0.454 e. The van der Waals surface area contributed by atoms with Crippen LogP contribution in [0.25, 0.3) is 0 Å². The van der Waals surface area contributed by atoms with Crippen molar-refractivity contribution in [2.45, 2.75) is 44.7 Å². The van der Waals surface area contributed by atoms with Gasteiger partial charge in [-0.05, 0) is 73.5 Å². The Balaban J connectivity index is 0.00000125. The minimum absolute atomic E-state index is 0. The summed E-state index contributed by atoms with van der Waals surface area (Å²) in [5.74, 6) is 5.77. The van der Waals surface area contributed by atoms with Gasteiger partial charge in [-0.3, -0.25) is 0 Å². The SMILES string of the molecule is Cl.c1cc2c(cc1CNC1C3CC4CC(C3)CC1C4)OCO2. The molecule has 0 saturated heterocycles. The summed E-state index contributed by atoms with van der Waals surface area (Å²) in [7, 11) is 0. The maximum absolute atomic E-state index is 5.48. The lowest BCUT2D eigenvalue weighted by Crippen LogP contribution is -2.54. The minimum atomic E-state index is 0. The zero-order valence-electron chi connectivity index (χ0n) is 12.8. The second kappa shape index (κ2) is 5.61. The smallest absolute Gasteiger partial charge is 0.231 e. The van der Waals surface area contributed by atoms with Crippen molar-refractivity contribution in [2.24, 2.45) is 23.7 Å². The molecule has 1 N–H and O–H groups in total. The quantitative estimate of drug-likeness (QED) is 0.919. The molecule has 4 heteroatoms. The minimum Gasteiger partial charge on any atom is -0.454 e. The van der Waals surface area contributed by atoms with Crippen molar-refractivity contribution in [3.63, 3.8) is 0 Å². The van der Waals surface area contributed by atoms with Crippen molar-refractivity contribution in [3.05, 3.63) is 23.8 Å². The third kappa shape index (κ3) is 2.39. The first-order valence-corrected chi connectivity index (χ1v) is 8.47. The molecule has 1 aromatic rings. The van der Waals surface area contributed by atoms with Crippen LogP contribution in [-0.2, 0) is 6.54 Å². The molecule has 4 fully saturated rings. The second-order valence-electron chi connectivity index (χ2n) is 7.53. The van der Waals surface area contributed by atoms with Gasteiger partial charge < -0.3 is 14.8 Å². The van der Waals surface area contributed by atoms with E-state index in [0.717, 1.165) is 47.8 Å². The highest BCUT2D eigenvalue weighted by atomic mass is 35.5. The molecule has 4 saturated carbocycles. The summed E-state index contributed by atoms with van der Waals surface area (Å²) in [6.45, 7) is 1.32. The molecule has 6 rings (SSSR count). The monoisotopic (exact) mass is 321 g/mol. The molecule has 5 aliphatic rings. The summed E-state index contributed by atoms with van der Waals surface area (Å²) in [4.78, 5) is 0. The molecule has 0 aromatic heterocycles. The summed E-state index contributed by atoms with van der Waals surface area (Å²) in [6.07, 6.45) is 7.44. The highest BCUT2D eigenvalue weighted by Crippen LogP contribution is 2.53. The number of halogens is 1. The molecule has 4 aliphatic carbocycles. The van der Waals surface area contributed by atoms with Crippen LogP contribution in [0, 0.1) is 23.7 Å². The van der Waals surface area contributed by atoms with Gasteiger partial charge in [0.1, 0.15) is 0 Å². The van der Waals surface area contributed by atoms with Crippen LogP contribution in [-0.4, -0.2) is 12.8 Å². The van der Waals surface area contributed by atoms with Crippen LogP contribution in [0.3, 0.4) is 0 Å². The van der Waals surface area contributed by atoms with Crippen molar-refractivity contribution in [1.29, 1.82) is 0 Å². The third-order valence-electron chi connectivity index (χ3n) is 6.21. The topological polar surface area (TPSA) is 30.5 Å². The van der Waals surface area contributed by atoms with Gasteiger partial charge in [-0.25, -0.2) is 0 Å². The molecule has 0 unspecified atom stereocenters. The molecule has 120 valence electrons. The molecule has 0 amide bonds. The lowest BCUT2D eigenvalue weighted by molar-refractivity contribution is -0.0142. The molecule has 0 radical (unpaired) electrons. The summed E-state index contributed by atoms with van der Waals surface area (Å²) < 4.78 is 10.9. The Bertz CT molecular complexity index is 534. The van der Waals surface area contributed by atoms with Crippen molar-refractivity contribution in [1.82, 2.24) is 5.32 Å². The molecule has 1 aromatic carbocycles. The average Bonchev–Trinajstić information content (AvgIpc) is 2.93. The van der Waals surface area contributed by atoms with E-state index < -0.39 is 0 Å². The molecule has 0 atom stereocenters. The number of fused-ring (bicyclic) bond motifs is 1. The van der Waals surface area contributed by atoms with Crippen LogP contribution in [0.2, 0.25) is 0 Å². The van der Waals surface area contributed by atoms with Gasteiger partial charge in [0.05, 0.1) is 0 Å². The number of hydrogen-bond donors (Lipinski definition) is 1. The van der Waals surface area contributed by atoms with Gasteiger partial charge >= 0.3 is 0 Å². The highest BCUT2D eigenvalue weighted by Gasteiger charge is 2.47. The molecular formula is C18H24ClNO2. The zero-order chi connectivity index (χ0) is 13.8. The lowest BCUT2D eigenvalue weighted by Gasteiger charge is -2.54. The first-order chi connectivity index (χ1) is 10.3. The van der Waals surface area contributed by atoms with Crippen LogP contribution >= 0.6 is 12.4 Å². The summed E-state index contributed by atoms with van der Waals surface area (Å²) in [6, 6.07) is 7.08. The normalized spacial score (nSPS) is 37.2. The third-order valence-corrected chi connectivity index (χ3v) is 6.21. The van der Waals surface area contributed by atoms with Crippen LogP contribution in [0.1, 0.15) is 37.7 Å². The van der Waals surface area contributed by atoms with Crippen LogP contribution in [0.4, 0.5) is 0 Å². The Morgan fingerprint density at radius 2 is 1.59 bits per heavy atom. The van der Waals surface area contributed by atoms with E-state index in [9.17, 15) is 0 Å². The highest BCUT2D eigenvalue weighted by molar-refractivity contribution is 5.85. The Labute approximate surface area is 138 Å². The van der Waals surface area contributed by atoms with Crippen LogP contribution in [0.5, 0.6) is 11.5 Å². The number of benzene rings is 1. The van der Waals surface area contributed by atoms with Crippen LogP contribution in [0.15, 0.2) is 18.2 Å². The first-order valence-electron chi connectivity index (χ1n) is 8.47. The van der Waals surface area contributed by atoms with Crippen LogP contribution < -0.4 is 14.8 Å². The van der Waals surface area contributed by atoms with E-state index in [1.165, 1.54) is 37.7 Å². The standard InChI is InChI=1S/C18H23NO2.ClH/c1-2-16-17(21-10-20-16)8-11(1)9-19-18-14-4-12-3-13(6-14)7-15(18)5-12;/h1-2,8,12-15,18-19H,3-7,9-10H2;1H. The van der Waals surface area contributed by atoms with Gasteiger partial charge in [-0.2, -0.15) is 0 Å². The number of ether oxygens (including phenoxy) is 2. The van der Waals surface area contributed by atoms with Gasteiger partial charge in [0, 0.05) is 12.6 Å². The second-order valence-corrected chi connectivity index (χ2v) is 7.53. The molecule has 4 bridgehead atoms. The predicted molar refractivity (Wildman–Crippen MR) is 87.5 cm³/mol. The van der Waals surface area contributed by atoms with E-state index in [-0.39, 0.29) is 12.4 Å². The Morgan fingerprint density at radius 3 is 2.32 bits per heavy atom. The fraction of sp³-hybridized carbons (Fsp3) is 0.667. The molecule has 0 spiro atoms. The fourth-order valence-electron chi connectivity index (χ4n) is 5.55. The maximum Gasteiger partial charge on any atom is 0.231 e. The Kier molecular flexibility index (Phi) is 3.74. The lowest BCUT2D eigenvalue weighted by atomic mass is 9.54. The van der Waals surface area contributed by atoms with E-state index in [1.807, 2.05) is 6.07 Å². The van der Waals surface area contributed by atoms with E-state index in [4.69, 9.17) is 9.47 Å². The number of rotatable bonds is 3. The molecule has 1 aliphatic heterocycles.